The Hall–Kier alpha value is -1.60. The molecule has 1 aromatic carbocycles. The van der Waals surface area contributed by atoms with Gasteiger partial charge in [-0.3, -0.25) is 9.63 Å². The van der Waals surface area contributed by atoms with Gasteiger partial charge in [-0.05, 0) is 24.3 Å². The van der Waals surface area contributed by atoms with Crippen molar-refractivity contribution in [3.8, 4) is 5.75 Å². The molecule has 18 heavy (non-hydrogen) atoms. The summed E-state index contributed by atoms with van der Waals surface area (Å²) in [5, 5.41) is 8.27. The molecule has 2 N–H and O–H groups in total. The minimum absolute atomic E-state index is 0.0791. The average Bonchev–Trinajstić information content (AvgIpc) is 2.31. The van der Waals surface area contributed by atoms with Crippen LogP contribution < -0.4 is 10.2 Å². The molecule has 1 rings (SSSR count). The summed E-state index contributed by atoms with van der Waals surface area (Å²) in [4.78, 5) is 25.7. The van der Waals surface area contributed by atoms with Crippen molar-refractivity contribution in [1.82, 2.24) is 5.48 Å². The number of hydrogen-bond donors (Lipinski definition) is 2. The van der Waals surface area contributed by atoms with E-state index in [1.165, 1.54) is 0 Å². The fourth-order valence-electron chi connectivity index (χ4n) is 1.02. The van der Waals surface area contributed by atoms with Crippen LogP contribution >= 0.6 is 15.9 Å². The maximum absolute atomic E-state index is 11.2. The van der Waals surface area contributed by atoms with Crippen LogP contribution in [0.15, 0.2) is 28.7 Å². The number of carboxylic acid groups (broad SMARTS) is 1. The van der Waals surface area contributed by atoms with Crippen LogP contribution in [-0.4, -0.2) is 30.2 Å². The molecular weight excluding hydrogens is 306 g/mol. The monoisotopic (exact) mass is 317 g/mol. The van der Waals surface area contributed by atoms with Gasteiger partial charge in [-0.15, -0.1) is 0 Å². The first-order valence-corrected chi connectivity index (χ1v) is 5.88. The molecule has 1 aromatic rings. The van der Waals surface area contributed by atoms with E-state index in [4.69, 9.17) is 9.84 Å². The van der Waals surface area contributed by atoms with Crippen LogP contribution in [-0.2, 0) is 14.4 Å². The van der Waals surface area contributed by atoms with Crippen molar-refractivity contribution in [1.29, 1.82) is 0 Å². The lowest BCUT2D eigenvalue weighted by atomic mass is 10.3. The highest BCUT2D eigenvalue weighted by molar-refractivity contribution is 9.10. The SMILES string of the molecule is O=C(O)CONC(=O)CCOc1ccc(Br)cc1. The van der Waals surface area contributed by atoms with Crippen LogP contribution in [0.5, 0.6) is 5.75 Å². The van der Waals surface area contributed by atoms with Crippen LogP contribution in [0.2, 0.25) is 0 Å². The number of amides is 1. The predicted octanol–water partition coefficient (Wildman–Crippen LogP) is 1.35. The Bertz CT molecular complexity index is 406. The first kappa shape index (κ1) is 14.5. The summed E-state index contributed by atoms with van der Waals surface area (Å²) in [5.74, 6) is -0.938. The van der Waals surface area contributed by atoms with E-state index in [9.17, 15) is 9.59 Å². The number of hydroxylamine groups is 1. The summed E-state index contributed by atoms with van der Waals surface area (Å²) < 4.78 is 6.25. The normalized spacial score (nSPS) is 9.83. The molecule has 0 unspecified atom stereocenters. The molecule has 6 nitrogen and oxygen atoms in total. The van der Waals surface area contributed by atoms with E-state index in [0.29, 0.717) is 5.75 Å². The van der Waals surface area contributed by atoms with Crippen LogP contribution in [0.1, 0.15) is 6.42 Å². The minimum atomic E-state index is -1.15. The summed E-state index contributed by atoms with van der Waals surface area (Å²) in [6.07, 6.45) is 0.0791. The van der Waals surface area contributed by atoms with Gasteiger partial charge in [0.05, 0.1) is 13.0 Å². The summed E-state index contributed by atoms with van der Waals surface area (Å²) in [6.45, 7) is -0.386. The Morgan fingerprint density at radius 1 is 1.28 bits per heavy atom. The largest absolute Gasteiger partial charge is 0.493 e. The van der Waals surface area contributed by atoms with Gasteiger partial charge in [0.25, 0.3) is 0 Å². The molecule has 0 radical (unpaired) electrons. The molecule has 98 valence electrons. The van der Waals surface area contributed by atoms with Gasteiger partial charge in [0.2, 0.25) is 5.91 Å². The van der Waals surface area contributed by atoms with Gasteiger partial charge in [-0.2, -0.15) is 0 Å². The van der Waals surface area contributed by atoms with Crippen molar-refractivity contribution in [3.05, 3.63) is 28.7 Å². The van der Waals surface area contributed by atoms with Gasteiger partial charge in [0.1, 0.15) is 5.75 Å². The number of ether oxygens (including phenoxy) is 1. The molecule has 0 saturated heterocycles. The molecule has 0 saturated carbocycles. The fourth-order valence-corrected chi connectivity index (χ4v) is 1.29. The van der Waals surface area contributed by atoms with Gasteiger partial charge in [0, 0.05) is 4.47 Å². The van der Waals surface area contributed by atoms with E-state index in [-0.39, 0.29) is 13.0 Å². The molecule has 7 heteroatoms. The highest BCUT2D eigenvalue weighted by atomic mass is 79.9. The molecule has 0 aliphatic rings. The predicted molar refractivity (Wildman–Crippen MR) is 66.0 cm³/mol. The lowest BCUT2D eigenvalue weighted by Gasteiger charge is -2.06. The lowest BCUT2D eigenvalue weighted by Crippen LogP contribution is -2.27. The third kappa shape index (κ3) is 6.21. The number of carbonyl (C=O) groups excluding carboxylic acids is 1. The zero-order chi connectivity index (χ0) is 13.4. The molecule has 0 spiro atoms. The number of halogens is 1. The second-order valence-corrected chi connectivity index (χ2v) is 4.18. The third-order valence-electron chi connectivity index (χ3n) is 1.79. The molecule has 0 fully saturated rings. The molecule has 1 amide bonds. The molecule has 0 aromatic heterocycles. The van der Waals surface area contributed by atoms with Gasteiger partial charge < -0.3 is 9.84 Å². The van der Waals surface area contributed by atoms with E-state index in [2.05, 4.69) is 20.8 Å². The zero-order valence-electron chi connectivity index (χ0n) is 9.39. The van der Waals surface area contributed by atoms with Crippen molar-refractivity contribution in [2.24, 2.45) is 0 Å². The Balaban J connectivity index is 2.15. The smallest absolute Gasteiger partial charge is 0.332 e. The van der Waals surface area contributed by atoms with Gasteiger partial charge >= 0.3 is 5.97 Å². The van der Waals surface area contributed by atoms with E-state index in [1.807, 2.05) is 17.6 Å². The zero-order valence-corrected chi connectivity index (χ0v) is 11.0. The van der Waals surface area contributed by atoms with Crippen molar-refractivity contribution < 1.29 is 24.3 Å². The van der Waals surface area contributed by atoms with Crippen molar-refractivity contribution >= 4 is 27.8 Å². The number of hydrogen-bond acceptors (Lipinski definition) is 4. The highest BCUT2D eigenvalue weighted by Gasteiger charge is 2.03. The van der Waals surface area contributed by atoms with Crippen molar-refractivity contribution in [3.63, 3.8) is 0 Å². The van der Waals surface area contributed by atoms with Crippen LogP contribution in [0.25, 0.3) is 0 Å². The van der Waals surface area contributed by atoms with Gasteiger partial charge in [-0.1, -0.05) is 15.9 Å². The lowest BCUT2D eigenvalue weighted by molar-refractivity contribution is -0.149. The topological polar surface area (TPSA) is 84.9 Å². The molecule has 0 bridgehead atoms. The second-order valence-electron chi connectivity index (χ2n) is 3.26. The number of rotatable bonds is 7. The summed E-state index contributed by atoms with van der Waals surface area (Å²) in [7, 11) is 0. The number of carbonyl (C=O) groups is 2. The number of benzene rings is 1. The first-order chi connectivity index (χ1) is 8.58. The Labute approximate surface area is 112 Å². The minimum Gasteiger partial charge on any atom is -0.493 e. The van der Waals surface area contributed by atoms with Crippen molar-refractivity contribution in [2.45, 2.75) is 6.42 Å². The quantitative estimate of drug-likeness (QED) is 0.741. The molecular formula is C11H12BrNO5. The third-order valence-corrected chi connectivity index (χ3v) is 2.32. The highest BCUT2D eigenvalue weighted by Crippen LogP contribution is 2.15. The molecule has 0 atom stereocenters. The fraction of sp³-hybridized carbons (Fsp3) is 0.273. The standard InChI is InChI=1S/C11H12BrNO5/c12-8-1-3-9(4-2-8)17-6-5-10(14)13-18-7-11(15)16/h1-4H,5-7H2,(H,13,14)(H,15,16). The maximum Gasteiger partial charge on any atom is 0.332 e. The van der Waals surface area contributed by atoms with E-state index in [1.54, 1.807) is 12.1 Å². The average molecular weight is 318 g/mol. The molecule has 0 heterocycles. The van der Waals surface area contributed by atoms with E-state index < -0.39 is 18.5 Å². The van der Waals surface area contributed by atoms with E-state index in [0.717, 1.165) is 4.47 Å². The van der Waals surface area contributed by atoms with Crippen molar-refractivity contribution in [2.75, 3.05) is 13.2 Å². The van der Waals surface area contributed by atoms with Crippen LogP contribution in [0.4, 0.5) is 0 Å². The number of aliphatic carboxylic acids is 1. The summed E-state index contributed by atoms with van der Waals surface area (Å²) >= 11 is 3.29. The maximum atomic E-state index is 11.2. The molecule has 0 aliphatic heterocycles. The summed E-state index contributed by atoms with van der Waals surface area (Å²) in [6, 6.07) is 7.18. The van der Waals surface area contributed by atoms with Crippen LogP contribution in [0, 0.1) is 0 Å². The first-order valence-electron chi connectivity index (χ1n) is 5.08. The van der Waals surface area contributed by atoms with Crippen LogP contribution in [0.3, 0.4) is 0 Å². The second kappa shape index (κ2) is 7.67. The number of carboxylic acids is 1. The van der Waals surface area contributed by atoms with Gasteiger partial charge in [-0.25, -0.2) is 10.3 Å². The molecule has 0 aliphatic carbocycles. The van der Waals surface area contributed by atoms with E-state index >= 15 is 0 Å². The Morgan fingerprint density at radius 2 is 1.94 bits per heavy atom. The summed E-state index contributed by atoms with van der Waals surface area (Å²) in [5.41, 5.74) is 2.00. The van der Waals surface area contributed by atoms with Gasteiger partial charge in [0.15, 0.2) is 6.61 Å². The number of nitrogens with one attached hydrogen (secondary N) is 1. The Kier molecular flexibility index (Phi) is 6.16. The Morgan fingerprint density at radius 3 is 2.56 bits per heavy atom.